The van der Waals surface area contributed by atoms with Crippen LogP contribution in [0, 0.1) is 13.8 Å². The lowest BCUT2D eigenvalue weighted by Crippen LogP contribution is -2.22. The Morgan fingerprint density at radius 2 is 2.05 bits per heavy atom. The molecule has 102 valence electrons. The molecule has 5 nitrogen and oxygen atoms in total. The molecule has 3 rings (SSSR count). The van der Waals surface area contributed by atoms with E-state index < -0.39 is 0 Å². The van der Waals surface area contributed by atoms with Crippen LogP contribution in [-0.4, -0.2) is 19.3 Å². The Bertz CT molecular complexity index is 845. The minimum Gasteiger partial charge on any atom is -0.294 e. The van der Waals surface area contributed by atoms with Crippen molar-refractivity contribution in [3.05, 3.63) is 57.9 Å². The summed E-state index contributed by atoms with van der Waals surface area (Å²) in [4.78, 5) is 16.9. The van der Waals surface area contributed by atoms with Gasteiger partial charge < -0.3 is 0 Å². The molecule has 0 radical (unpaired) electrons. The van der Waals surface area contributed by atoms with E-state index >= 15 is 0 Å². The maximum absolute atomic E-state index is 12.6. The molecule has 0 saturated carbocycles. The minimum absolute atomic E-state index is 0.00338. The van der Waals surface area contributed by atoms with Gasteiger partial charge in [0.1, 0.15) is 0 Å². The van der Waals surface area contributed by atoms with Gasteiger partial charge in [-0.2, -0.15) is 5.10 Å². The lowest BCUT2D eigenvalue weighted by Gasteiger charge is -2.07. The number of nitrogens with zero attached hydrogens (tertiary/aromatic N) is 4. The highest BCUT2D eigenvalue weighted by Gasteiger charge is 2.09. The number of aromatic nitrogens is 4. The highest BCUT2D eigenvalue weighted by Crippen LogP contribution is 2.12. The number of fused-ring (bicyclic) bond motifs is 1. The van der Waals surface area contributed by atoms with Crippen LogP contribution in [0.4, 0.5) is 0 Å². The summed E-state index contributed by atoms with van der Waals surface area (Å²) in [6.07, 6.45) is 3.40. The van der Waals surface area contributed by atoms with E-state index in [-0.39, 0.29) is 5.56 Å². The van der Waals surface area contributed by atoms with Gasteiger partial charge in [-0.3, -0.25) is 14.0 Å². The van der Waals surface area contributed by atoms with Gasteiger partial charge in [0.2, 0.25) is 0 Å². The third-order valence-corrected chi connectivity index (χ3v) is 3.74. The van der Waals surface area contributed by atoms with Crippen LogP contribution in [0.15, 0.2) is 35.5 Å². The zero-order valence-corrected chi connectivity index (χ0v) is 11.8. The van der Waals surface area contributed by atoms with Crippen molar-refractivity contribution < 1.29 is 0 Å². The van der Waals surface area contributed by atoms with E-state index in [1.165, 1.54) is 0 Å². The molecule has 2 aromatic heterocycles. The molecule has 0 spiro atoms. The van der Waals surface area contributed by atoms with Gasteiger partial charge >= 0.3 is 0 Å². The molecule has 0 atom stereocenters. The van der Waals surface area contributed by atoms with E-state index in [2.05, 4.69) is 10.1 Å². The first-order valence-corrected chi connectivity index (χ1v) is 6.50. The summed E-state index contributed by atoms with van der Waals surface area (Å²) in [7, 11) is 1.89. The molecule has 0 aliphatic rings. The second kappa shape index (κ2) is 4.59. The van der Waals surface area contributed by atoms with Crippen molar-refractivity contribution in [1.29, 1.82) is 0 Å². The predicted octanol–water partition coefficient (Wildman–Crippen LogP) is 1.80. The Morgan fingerprint density at radius 1 is 1.25 bits per heavy atom. The normalized spacial score (nSPS) is 11.2. The van der Waals surface area contributed by atoms with Crippen LogP contribution < -0.4 is 5.56 Å². The molecule has 0 bridgehead atoms. The fourth-order valence-corrected chi connectivity index (χ4v) is 2.36. The zero-order valence-electron chi connectivity index (χ0n) is 11.8. The van der Waals surface area contributed by atoms with Gasteiger partial charge in [0.15, 0.2) is 0 Å². The van der Waals surface area contributed by atoms with Crippen LogP contribution in [0.25, 0.3) is 10.9 Å². The van der Waals surface area contributed by atoms with Crippen LogP contribution in [0.1, 0.15) is 16.8 Å². The zero-order chi connectivity index (χ0) is 14.3. The van der Waals surface area contributed by atoms with Crippen molar-refractivity contribution in [1.82, 2.24) is 19.3 Å². The van der Waals surface area contributed by atoms with Gasteiger partial charge in [0.05, 0.1) is 30.0 Å². The molecule has 0 unspecified atom stereocenters. The van der Waals surface area contributed by atoms with Crippen LogP contribution in [0.5, 0.6) is 0 Å². The largest absolute Gasteiger partial charge is 0.294 e. The molecule has 0 aliphatic heterocycles. The van der Waals surface area contributed by atoms with E-state index in [4.69, 9.17) is 0 Å². The third kappa shape index (κ3) is 1.91. The Morgan fingerprint density at radius 3 is 2.75 bits per heavy atom. The Hall–Kier alpha value is -2.43. The van der Waals surface area contributed by atoms with Crippen LogP contribution in [0.3, 0.4) is 0 Å². The molecule has 5 heteroatoms. The van der Waals surface area contributed by atoms with Gasteiger partial charge in [-0.25, -0.2) is 4.98 Å². The molecule has 1 aromatic carbocycles. The SMILES string of the molecule is Cc1cccc2ncn(Cc3cnn(C)c3C)c(=O)c12. The lowest BCUT2D eigenvalue weighted by molar-refractivity contribution is 0.720. The average molecular weight is 268 g/mol. The molecule has 0 amide bonds. The molecule has 3 aromatic rings. The van der Waals surface area contributed by atoms with Gasteiger partial charge in [-0.1, -0.05) is 12.1 Å². The van der Waals surface area contributed by atoms with Crippen molar-refractivity contribution in [2.24, 2.45) is 7.05 Å². The smallest absolute Gasteiger partial charge is 0.261 e. The van der Waals surface area contributed by atoms with Crippen molar-refractivity contribution in [3.8, 4) is 0 Å². The Balaban J connectivity index is 2.14. The molecule has 2 heterocycles. The average Bonchev–Trinajstić information content (AvgIpc) is 2.74. The van der Waals surface area contributed by atoms with E-state index in [1.54, 1.807) is 21.8 Å². The van der Waals surface area contributed by atoms with Crippen LogP contribution in [0.2, 0.25) is 0 Å². The van der Waals surface area contributed by atoms with E-state index in [0.29, 0.717) is 11.9 Å². The standard InChI is InChI=1S/C15H16N4O/c1-10-5-4-6-13-14(10)15(20)19(9-16-13)8-12-7-17-18(3)11(12)2/h4-7,9H,8H2,1-3H3. The molecule has 0 fully saturated rings. The molecule has 0 aliphatic carbocycles. The van der Waals surface area contributed by atoms with Crippen LogP contribution in [-0.2, 0) is 13.6 Å². The van der Waals surface area contributed by atoms with Gasteiger partial charge in [0.25, 0.3) is 5.56 Å². The molecule has 20 heavy (non-hydrogen) atoms. The third-order valence-electron chi connectivity index (χ3n) is 3.74. The molecule has 0 N–H and O–H groups in total. The summed E-state index contributed by atoms with van der Waals surface area (Å²) in [5.41, 5.74) is 3.79. The maximum Gasteiger partial charge on any atom is 0.261 e. The number of rotatable bonds is 2. The topological polar surface area (TPSA) is 52.7 Å². The highest BCUT2D eigenvalue weighted by molar-refractivity contribution is 5.80. The van der Waals surface area contributed by atoms with Gasteiger partial charge in [-0.05, 0) is 25.5 Å². The second-order valence-corrected chi connectivity index (χ2v) is 5.03. The first kappa shape index (κ1) is 12.6. The lowest BCUT2D eigenvalue weighted by atomic mass is 10.1. The van der Waals surface area contributed by atoms with Crippen molar-refractivity contribution in [2.75, 3.05) is 0 Å². The fourth-order valence-electron chi connectivity index (χ4n) is 2.36. The molecular formula is C15H16N4O. The Labute approximate surface area is 116 Å². The number of hydrogen-bond acceptors (Lipinski definition) is 3. The minimum atomic E-state index is -0.00338. The maximum atomic E-state index is 12.6. The van der Waals surface area contributed by atoms with E-state index in [9.17, 15) is 4.79 Å². The summed E-state index contributed by atoms with van der Waals surface area (Å²) >= 11 is 0. The fraction of sp³-hybridized carbons (Fsp3) is 0.267. The van der Waals surface area contributed by atoms with Gasteiger partial charge in [0, 0.05) is 18.3 Å². The van der Waals surface area contributed by atoms with Crippen molar-refractivity contribution in [2.45, 2.75) is 20.4 Å². The summed E-state index contributed by atoms with van der Waals surface area (Å²) in [5, 5.41) is 4.89. The number of hydrogen-bond donors (Lipinski definition) is 0. The second-order valence-electron chi connectivity index (χ2n) is 5.03. The Kier molecular flexibility index (Phi) is 2.89. The van der Waals surface area contributed by atoms with Crippen LogP contribution >= 0.6 is 0 Å². The first-order valence-electron chi connectivity index (χ1n) is 6.50. The number of aryl methyl sites for hydroxylation is 2. The summed E-state index contributed by atoms with van der Waals surface area (Å²) in [6.45, 7) is 4.42. The number of benzene rings is 1. The summed E-state index contributed by atoms with van der Waals surface area (Å²) in [6, 6.07) is 5.72. The molecule has 0 saturated heterocycles. The molecular weight excluding hydrogens is 252 g/mol. The van der Waals surface area contributed by atoms with E-state index in [1.807, 2.05) is 39.1 Å². The monoisotopic (exact) mass is 268 g/mol. The van der Waals surface area contributed by atoms with E-state index in [0.717, 1.165) is 22.3 Å². The van der Waals surface area contributed by atoms with Gasteiger partial charge in [-0.15, -0.1) is 0 Å². The summed E-state index contributed by atoms with van der Waals surface area (Å²) < 4.78 is 3.44. The predicted molar refractivity (Wildman–Crippen MR) is 77.8 cm³/mol. The quantitative estimate of drug-likeness (QED) is 0.712. The van der Waals surface area contributed by atoms with Crippen molar-refractivity contribution in [3.63, 3.8) is 0 Å². The first-order chi connectivity index (χ1) is 9.58. The summed E-state index contributed by atoms with van der Waals surface area (Å²) in [5.74, 6) is 0. The highest BCUT2D eigenvalue weighted by atomic mass is 16.1. The van der Waals surface area contributed by atoms with Crippen molar-refractivity contribution >= 4 is 10.9 Å².